The average Bonchev–Trinajstić information content (AvgIpc) is 2.16. The van der Waals surface area contributed by atoms with Crippen LogP contribution >= 0.6 is 0 Å². The quantitative estimate of drug-likeness (QED) is 0.736. The van der Waals surface area contributed by atoms with Gasteiger partial charge in [0.05, 0.1) is 0 Å². The monoisotopic (exact) mass is 184 g/mol. The third-order valence-corrected chi connectivity index (χ3v) is 1.94. The summed E-state index contributed by atoms with van der Waals surface area (Å²) in [6.45, 7) is 1.83. The van der Waals surface area contributed by atoms with E-state index in [9.17, 15) is 9.50 Å². The first kappa shape index (κ1) is 10.1. The van der Waals surface area contributed by atoms with Crippen molar-refractivity contribution in [3.8, 4) is 0 Å². The molecule has 0 saturated carbocycles. The average molecular weight is 184 g/mol. The van der Waals surface area contributed by atoms with Gasteiger partial charge in [-0.3, -0.25) is 4.98 Å². The summed E-state index contributed by atoms with van der Waals surface area (Å²) >= 11 is 0. The molecule has 0 aromatic carbocycles. The summed E-state index contributed by atoms with van der Waals surface area (Å²) < 4.78 is 13.1. The number of nitrogens with two attached hydrogens (primary N) is 1. The van der Waals surface area contributed by atoms with Crippen molar-refractivity contribution in [2.45, 2.75) is 25.5 Å². The molecule has 0 unspecified atom stereocenters. The number of aromatic nitrogens is 1. The minimum Gasteiger partial charge on any atom is -0.385 e. The Morgan fingerprint density at radius 1 is 1.69 bits per heavy atom. The van der Waals surface area contributed by atoms with E-state index in [0.29, 0.717) is 6.42 Å². The van der Waals surface area contributed by atoms with Crippen LogP contribution in [0.15, 0.2) is 18.3 Å². The predicted octanol–water partition coefficient (Wildman–Crippen LogP) is 0.991. The molecule has 1 aromatic heterocycles. The molecule has 1 aromatic rings. The lowest BCUT2D eigenvalue weighted by Gasteiger charge is -2.16. The standard InChI is InChI=1S/C9H13FN2O/c1-2-7(11)9(13)8-6(10)4-3-5-12-8/h3-5,7,9,13H,2,11H2,1H3/t7-,9-/m1/s1. The number of nitrogens with zero attached hydrogens (tertiary/aromatic N) is 1. The number of hydrogen-bond acceptors (Lipinski definition) is 3. The predicted molar refractivity (Wildman–Crippen MR) is 47.4 cm³/mol. The van der Waals surface area contributed by atoms with Crippen molar-refractivity contribution in [1.82, 2.24) is 4.98 Å². The highest BCUT2D eigenvalue weighted by molar-refractivity contribution is 5.11. The van der Waals surface area contributed by atoms with Gasteiger partial charge in [0.25, 0.3) is 0 Å². The molecule has 72 valence electrons. The van der Waals surface area contributed by atoms with Gasteiger partial charge in [-0.05, 0) is 18.6 Å². The van der Waals surface area contributed by atoms with Crippen LogP contribution in [0.3, 0.4) is 0 Å². The van der Waals surface area contributed by atoms with Gasteiger partial charge in [0.2, 0.25) is 0 Å². The minimum absolute atomic E-state index is 0.0249. The fraction of sp³-hybridized carbons (Fsp3) is 0.444. The van der Waals surface area contributed by atoms with E-state index in [4.69, 9.17) is 5.73 Å². The van der Waals surface area contributed by atoms with Gasteiger partial charge in [0.15, 0.2) is 0 Å². The van der Waals surface area contributed by atoms with Crippen LogP contribution in [0.5, 0.6) is 0 Å². The zero-order chi connectivity index (χ0) is 9.84. The third kappa shape index (κ3) is 2.23. The van der Waals surface area contributed by atoms with E-state index < -0.39 is 18.0 Å². The largest absolute Gasteiger partial charge is 0.385 e. The fourth-order valence-electron chi connectivity index (χ4n) is 1.04. The van der Waals surface area contributed by atoms with Crippen molar-refractivity contribution in [2.24, 2.45) is 5.73 Å². The highest BCUT2D eigenvalue weighted by Crippen LogP contribution is 2.17. The van der Waals surface area contributed by atoms with E-state index >= 15 is 0 Å². The summed E-state index contributed by atoms with van der Waals surface area (Å²) in [7, 11) is 0. The molecule has 0 bridgehead atoms. The van der Waals surface area contributed by atoms with Crippen molar-refractivity contribution in [3.63, 3.8) is 0 Å². The Kier molecular flexibility index (Phi) is 3.33. The SMILES string of the molecule is CC[C@@H](N)[C@@H](O)c1ncccc1F. The Morgan fingerprint density at radius 3 is 2.92 bits per heavy atom. The lowest BCUT2D eigenvalue weighted by Crippen LogP contribution is -2.28. The van der Waals surface area contributed by atoms with Gasteiger partial charge in [-0.15, -0.1) is 0 Å². The van der Waals surface area contributed by atoms with Crippen molar-refractivity contribution < 1.29 is 9.50 Å². The maximum Gasteiger partial charge on any atom is 0.147 e. The van der Waals surface area contributed by atoms with Crippen LogP contribution in [0.25, 0.3) is 0 Å². The van der Waals surface area contributed by atoms with Gasteiger partial charge >= 0.3 is 0 Å². The molecule has 0 spiro atoms. The molecule has 1 rings (SSSR count). The Hall–Kier alpha value is -1.00. The maximum atomic E-state index is 13.1. The number of aliphatic hydroxyl groups excluding tert-OH is 1. The molecule has 0 aliphatic rings. The van der Waals surface area contributed by atoms with E-state index in [2.05, 4.69) is 4.98 Å². The smallest absolute Gasteiger partial charge is 0.147 e. The van der Waals surface area contributed by atoms with Crippen molar-refractivity contribution in [3.05, 3.63) is 29.8 Å². The number of hydrogen-bond donors (Lipinski definition) is 2. The van der Waals surface area contributed by atoms with Crippen molar-refractivity contribution in [1.29, 1.82) is 0 Å². The van der Waals surface area contributed by atoms with Crippen molar-refractivity contribution >= 4 is 0 Å². The van der Waals surface area contributed by atoms with Gasteiger partial charge < -0.3 is 10.8 Å². The molecular formula is C9H13FN2O. The van der Waals surface area contributed by atoms with Crippen LogP contribution in [-0.4, -0.2) is 16.1 Å². The fourth-order valence-corrected chi connectivity index (χ4v) is 1.04. The number of rotatable bonds is 3. The second-order valence-corrected chi connectivity index (χ2v) is 2.89. The number of pyridine rings is 1. The first-order valence-electron chi connectivity index (χ1n) is 4.21. The Morgan fingerprint density at radius 2 is 2.38 bits per heavy atom. The van der Waals surface area contributed by atoms with Crippen LogP contribution < -0.4 is 5.73 Å². The lowest BCUT2D eigenvalue weighted by atomic mass is 10.1. The lowest BCUT2D eigenvalue weighted by molar-refractivity contribution is 0.135. The minimum atomic E-state index is -1.02. The van der Waals surface area contributed by atoms with Crippen LogP contribution in [0.4, 0.5) is 4.39 Å². The van der Waals surface area contributed by atoms with Crippen LogP contribution in [0, 0.1) is 5.82 Å². The molecule has 4 heteroatoms. The topological polar surface area (TPSA) is 59.1 Å². The van der Waals surface area contributed by atoms with E-state index in [1.807, 2.05) is 6.92 Å². The molecule has 0 aliphatic heterocycles. The molecule has 1 heterocycles. The summed E-state index contributed by atoms with van der Waals surface area (Å²) in [5.74, 6) is -0.515. The zero-order valence-corrected chi connectivity index (χ0v) is 7.44. The first-order chi connectivity index (χ1) is 6.16. The summed E-state index contributed by atoms with van der Waals surface area (Å²) in [6.07, 6.45) is 0.993. The molecular weight excluding hydrogens is 171 g/mol. The molecule has 0 amide bonds. The van der Waals surface area contributed by atoms with Gasteiger partial charge in [-0.25, -0.2) is 4.39 Å². The van der Waals surface area contributed by atoms with E-state index in [1.165, 1.54) is 18.3 Å². The summed E-state index contributed by atoms with van der Waals surface area (Å²) in [4.78, 5) is 3.74. The van der Waals surface area contributed by atoms with Crippen LogP contribution in [0.1, 0.15) is 25.1 Å². The van der Waals surface area contributed by atoms with Gasteiger partial charge in [0, 0.05) is 12.2 Å². The molecule has 0 radical (unpaired) electrons. The molecule has 0 saturated heterocycles. The normalized spacial score (nSPS) is 15.4. The summed E-state index contributed by atoms with van der Waals surface area (Å²) in [5, 5.41) is 9.54. The second kappa shape index (κ2) is 4.30. The number of halogens is 1. The summed E-state index contributed by atoms with van der Waals surface area (Å²) in [5.41, 5.74) is 5.59. The first-order valence-corrected chi connectivity index (χ1v) is 4.21. The van der Waals surface area contributed by atoms with E-state index in [-0.39, 0.29) is 5.69 Å². The van der Waals surface area contributed by atoms with Crippen LogP contribution in [-0.2, 0) is 0 Å². The van der Waals surface area contributed by atoms with Crippen LogP contribution in [0.2, 0.25) is 0 Å². The highest BCUT2D eigenvalue weighted by atomic mass is 19.1. The molecule has 13 heavy (non-hydrogen) atoms. The third-order valence-electron chi connectivity index (χ3n) is 1.94. The molecule has 3 N–H and O–H groups in total. The number of aliphatic hydroxyl groups is 1. The molecule has 0 aliphatic carbocycles. The van der Waals surface area contributed by atoms with Crippen molar-refractivity contribution in [2.75, 3.05) is 0 Å². The Balaban J connectivity index is 2.88. The molecule has 0 fully saturated rings. The van der Waals surface area contributed by atoms with E-state index in [1.54, 1.807) is 0 Å². The molecule has 2 atom stereocenters. The maximum absolute atomic E-state index is 13.1. The van der Waals surface area contributed by atoms with Gasteiger partial charge in [0.1, 0.15) is 17.6 Å². The zero-order valence-electron chi connectivity index (χ0n) is 7.44. The Bertz CT molecular complexity index is 280. The molecule has 3 nitrogen and oxygen atoms in total. The van der Waals surface area contributed by atoms with Gasteiger partial charge in [-0.2, -0.15) is 0 Å². The van der Waals surface area contributed by atoms with E-state index in [0.717, 1.165) is 0 Å². The Labute approximate surface area is 76.4 Å². The second-order valence-electron chi connectivity index (χ2n) is 2.89. The highest BCUT2D eigenvalue weighted by Gasteiger charge is 2.19. The van der Waals surface area contributed by atoms with Gasteiger partial charge in [-0.1, -0.05) is 6.92 Å². The summed E-state index contributed by atoms with van der Waals surface area (Å²) in [6, 6.07) is 2.26.